The summed E-state index contributed by atoms with van der Waals surface area (Å²) < 4.78 is 1.27. The number of halogens is 1. The van der Waals surface area contributed by atoms with Crippen LogP contribution in [0.3, 0.4) is 0 Å². The van der Waals surface area contributed by atoms with Crippen LogP contribution in [0.2, 0.25) is 0 Å². The Labute approximate surface area is 92.8 Å². The summed E-state index contributed by atoms with van der Waals surface area (Å²) in [5.74, 6) is 0. The van der Waals surface area contributed by atoms with Crippen molar-refractivity contribution >= 4 is 22.6 Å². The molecule has 0 aromatic heterocycles. The smallest absolute Gasteiger partial charge is 0.0135 e. The van der Waals surface area contributed by atoms with Gasteiger partial charge in [-0.05, 0) is 71.8 Å². The van der Waals surface area contributed by atoms with Crippen molar-refractivity contribution < 1.29 is 0 Å². The molecule has 0 atom stereocenters. The molecule has 0 bridgehead atoms. The zero-order valence-corrected chi connectivity index (χ0v) is 9.75. The Hall–Kier alpha value is -0.130. The third kappa shape index (κ3) is 3.62. The summed E-state index contributed by atoms with van der Waals surface area (Å²) in [5.41, 5.74) is 13.6. The van der Waals surface area contributed by atoms with E-state index in [4.69, 9.17) is 11.5 Å². The van der Waals surface area contributed by atoms with Gasteiger partial charge >= 0.3 is 0 Å². The average molecular weight is 290 g/mol. The van der Waals surface area contributed by atoms with Gasteiger partial charge in [-0.2, -0.15) is 0 Å². The summed E-state index contributed by atoms with van der Waals surface area (Å²) in [4.78, 5) is 0. The van der Waals surface area contributed by atoms with E-state index in [1.807, 2.05) is 0 Å². The van der Waals surface area contributed by atoms with Crippen LogP contribution in [0.25, 0.3) is 0 Å². The molecule has 0 radical (unpaired) electrons. The summed E-state index contributed by atoms with van der Waals surface area (Å²) in [6.07, 6.45) is 1.91. The normalized spacial score (nSPS) is 10.4. The first-order valence-electron chi connectivity index (χ1n) is 4.44. The minimum atomic E-state index is 0.710. The topological polar surface area (TPSA) is 52.0 Å². The van der Waals surface area contributed by atoms with Gasteiger partial charge in [0.1, 0.15) is 0 Å². The third-order valence-corrected chi connectivity index (χ3v) is 2.51. The Morgan fingerprint density at radius 2 is 1.38 bits per heavy atom. The lowest BCUT2D eigenvalue weighted by molar-refractivity contribution is 0.938. The van der Waals surface area contributed by atoms with Crippen molar-refractivity contribution in [1.29, 1.82) is 0 Å². The minimum Gasteiger partial charge on any atom is -0.330 e. The van der Waals surface area contributed by atoms with Crippen LogP contribution in [0.15, 0.2) is 18.2 Å². The van der Waals surface area contributed by atoms with Gasteiger partial charge in [0.15, 0.2) is 0 Å². The molecule has 0 heterocycles. The molecule has 1 aromatic carbocycles. The molecule has 0 aliphatic rings. The summed E-state index contributed by atoms with van der Waals surface area (Å²) in [5, 5.41) is 0. The van der Waals surface area contributed by atoms with E-state index in [1.54, 1.807) is 0 Å². The van der Waals surface area contributed by atoms with Crippen LogP contribution in [0.1, 0.15) is 11.1 Å². The van der Waals surface area contributed by atoms with E-state index in [0.717, 1.165) is 12.8 Å². The molecule has 1 aromatic rings. The van der Waals surface area contributed by atoms with Gasteiger partial charge in [-0.15, -0.1) is 0 Å². The van der Waals surface area contributed by atoms with Crippen LogP contribution in [0.4, 0.5) is 0 Å². The fraction of sp³-hybridized carbons (Fsp3) is 0.400. The molecule has 0 fully saturated rings. The number of hydrogen-bond acceptors (Lipinski definition) is 2. The molecule has 72 valence electrons. The molecule has 0 spiro atoms. The van der Waals surface area contributed by atoms with E-state index in [0.29, 0.717) is 13.1 Å². The van der Waals surface area contributed by atoms with E-state index >= 15 is 0 Å². The molecule has 0 saturated carbocycles. The molecule has 0 aliphatic heterocycles. The lowest BCUT2D eigenvalue weighted by Gasteiger charge is -2.04. The Morgan fingerprint density at radius 3 is 1.77 bits per heavy atom. The molecule has 1 rings (SSSR count). The van der Waals surface area contributed by atoms with Gasteiger partial charge in [0.05, 0.1) is 0 Å². The van der Waals surface area contributed by atoms with Crippen molar-refractivity contribution in [2.24, 2.45) is 11.5 Å². The minimum absolute atomic E-state index is 0.710. The predicted molar refractivity (Wildman–Crippen MR) is 64.7 cm³/mol. The fourth-order valence-corrected chi connectivity index (χ4v) is 2.14. The maximum absolute atomic E-state index is 5.51. The lowest BCUT2D eigenvalue weighted by atomic mass is 10.1. The second kappa shape index (κ2) is 5.57. The Kier molecular flexibility index (Phi) is 4.69. The highest BCUT2D eigenvalue weighted by atomic mass is 127. The third-order valence-electron chi connectivity index (χ3n) is 1.88. The number of nitrogens with two attached hydrogens (primary N) is 2. The van der Waals surface area contributed by atoms with E-state index in [1.165, 1.54) is 14.7 Å². The summed E-state index contributed by atoms with van der Waals surface area (Å²) in [6.45, 7) is 1.42. The van der Waals surface area contributed by atoms with Crippen molar-refractivity contribution in [2.75, 3.05) is 13.1 Å². The van der Waals surface area contributed by atoms with Crippen molar-refractivity contribution in [1.82, 2.24) is 0 Å². The lowest BCUT2D eigenvalue weighted by Crippen LogP contribution is -2.06. The van der Waals surface area contributed by atoms with Crippen molar-refractivity contribution in [3.8, 4) is 0 Å². The van der Waals surface area contributed by atoms with Crippen LogP contribution in [0.5, 0.6) is 0 Å². The van der Waals surface area contributed by atoms with Gasteiger partial charge < -0.3 is 11.5 Å². The van der Waals surface area contributed by atoms with E-state index in [2.05, 4.69) is 40.8 Å². The van der Waals surface area contributed by atoms with Crippen LogP contribution < -0.4 is 11.5 Å². The fourth-order valence-electron chi connectivity index (χ4n) is 1.34. The van der Waals surface area contributed by atoms with Crippen LogP contribution in [0, 0.1) is 3.57 Å². The molecular formula is C10H15IN2. The second-order valence-corrected chi connectivity index (χ2v) is 4.29. The predicted octanol–water partition coefficient (Wildman–Crippen LogP) is 1.29. The highest BCUT2D eigenvalue weighted by Crippen LogP contribution is 2.13. The Morgan fingerprint density at radius 1 is 0.923 bits per heavy atom. The maximum atomic E-state index is 5.51. The van der Waals surface area contributed by atoms with Crippen molar-refractivity contribution in [3.63, 3.8) is 0 Å². The van der Waals surface area contributed by atoms with Crippen molar-refractivity contribution in [2.45, 2.75) is 12.8 Å². The quantitative estimate of drug-likeness (QED) is 0.821. The highest BCUT2D eigenvalue weighted by molar-refractivity contribution is 14.1. The zero-order chi connectivity index (χ0) is 9.68. The Bertz CT molecular complexity index is 249. The average Bonchev–Trinajstić information content (AvgIpc) is 2.04. The SMILES string of the molecule is NCCc1cc(I)cc(CCN)c1. The summed E-state index contributed by atoms with van der Waals surface area (Å²) in [6, 6.07) is 6.54. The largest absolute Gasteiger partial charge is 0.330 e. The molecule has 0 amide bonds. The first-order chi connectivity index (χ1) is 6.26. The summed E-state index contributed by atoms with van der Waals surface area (Å²) in [7, 11) is 0. The molecule has 0 unspecified atom stereocenters. The standard InChI is InChI=1S/C10H15IN2/c11-10-6-8(1-3-12)5-9(7-10)2-4-13/h5-7H,1-4,12-13H2. The van der Waals surface area contributed by atoms with Gasteiger partial charge in [0, 0.05) is 3.57 Å². The van der Waals surface area contributed by atoms with Gasteiger partial charge in [0.2, 0.25) is 0 Å². The van der Waals surface area contributed by atoms with E-state index in [9.17, 15) is 0 Å². The first-order valence-corrected chi connectivity index (χ1v) is 5.52. The number of benzene rings is 1. The van der Waals surface area contributed by atoms with Gasteiger partial charge in [-0.1, -0.05) is 6.07 Å². The monoisotopic (exact) mass is 290 g/mol. The van der Waals surface area contributed by atoms with Gasteiger partial charge in [-0.3, -0.25) is 0 Å². The highest BCUT2D eigenvalue weighted by Gasteiger charge is 1.98. The van der Waals surface area contributed by atoms with E-state index in [-0.39, 0.29) is 0 Å². The zero-order valence-electron chi connectivity index (χ0n) is 7.59. The molecule has 0 saturated heterocycles. The molecular weight excluding hydrogens is 275 g/mol. The van der Waals surface area contributed by atoms with Crippen LogP contribution >= 0.6 is 22.6 Å². The van der Waals surface area contributed by atoms with Gasteiger partial charge in [-0.25, -0.2) is 0 Å². The maximum Gasteiger partial charge on any atom is 0.0135 e. The van der Waals surface area contributed by atoms with Gasteiger partial charge in [0.25, 0.3) is 0 Å². The summed E-state index contributed by atoms with van der Waals surface area (Å²) >= 11 is 2.33. The number of hydrogen-bond donors (Lipinski definition) is 2. The molecule has 13 heavy (non-hydrogen) atoms. The second-order valence-electron chi connectivity index (χ2n) is 3.05. The Balaban J connectivity index is 2.83. The van der Waals surface area contributed by atoms with E-state index < -0.39 is 0 Å². The van der Waals surface area contributed by atoms with Crippen LogP contribution in [-0.2, 0) is 12.8 Å². The molecule has 4 N–H and O–H groups in total. The number of rotatable bonds is 4. The molecule has 0 aliphatic carbocycles. The molecule has 3 heteroatoms. The molecule has 2 nitrogen and oxygen atoms in total. The van der Waals surface area contributed by atoms with Crippen molar-refractivity contribution in [3.05, 3.63) is 32.9 Å². The first kappa shape index (κ1) is 10.9. The van der Waals surface area contributed by atoms with Crippen LogP contribution in [-0.4, -0.2) is 13.1 Å².